The summed E-state index contributed by atoms with van der Waals surface area (Å²) in [7, 11) is 0. The molecule has 0 fully saturated rings. The summed E-state index contributed by atoms with van der Waals surface area (Å²) in [4.78, 5) is 28.6. The summed E-state index contributed by atoms with van der Waals surface area (Å²) >= 11 is 7.28. The number of nitrogens with zero attached hydrogens (tertiary/aromatic N) is 2. The lowest BCUT2D eigenvalue weighted by Crippen LogP contribution is -2.24. The molecule has 0 N–H and O–H groups in total. The van der Waals surface area contributed by atoms with E-state index in [0.29, 0.717) is 16.4 Å². The number of ether oxygens (including phenoxy) is 3. The molecule has 0 unspecified atom stereocenters. The average Bonchev–Trinajstić information content (AvgIpc) is 2.92. The van der Waals surface area contributed by atoms with Crippen LogP contribution in [0.3, 0.4) is 0 Å². The average molecular weight is 383 g/mol. The van der Waals surface area contributed by atoms with Gasteiger partial charge in [-0.15, -0.1) is 0 Å². The van der Waals surface area contributed by atoms with Crippen LogP contribution in [-0.4, -0.2) is 36.3 Å². The number of esters is 1. The summed E-state index contributed by atoms with van der Waals surface area (Å²) in [6, 6.07) is 5.24. The number of fused-ring (bicyclic) bond motifs is 1. The highest BCUT2D eigenvalue weighted by Crippen LogP contribution is 2.22. The number of benzene rings is 1. The van der Waals surface area contributed by atoms with Crippen molar-refractivity contribution in [3.8, 4) is 0 Å². The number of carbonyl (C=O) groups excluding carboxylic acids is 2. The van der Waals surface area contributed by atoms with Gasteiger partial charge in [0.1, 0.15) is 26.0 Å². The zero-order valence-corrected chi connectivity index (χ0v) is 14.9. The Labute approximate surface area is 152 Å². The van der Waals surface area contributed by atoms with Crippen molar-refractivity contribution in [1.29, 1.82) is 0 Å². The van der Waals surface area contributed by atoms with Gasteiger partial charge in [0.05, 0.1) is 16.8 Å². The standard InChI is InChI=1S/C16H15ClN2O5S/c1-2-23-14(20)8-19-11-4-3-10(17)7-13(11)25-16(19)18-15(21)12-9-22-5-6-24-12/h3-4,7,9H,2,5-6,8H2,1H3. The monoisotopic (exact) mass is 382 g/mol. The number of thiazole rings is 1. The van der Waals surface area contributed by atoms with E-state index in [2.05, 4.69) is 4.99 Å². The largest absolute Gasteiger partial charge is 0.494 e. The molecule has 25 heavy (non-hydrogen) atoms. The maximum absolute atomic E-state index is 12.3. The minimum atomic E-state index is -0.574. The molecule has 7 nitrogen and oxygen atoms in total. The van der Waals surface area contributed by atoms with Crippen LogP contribution >= 0.6 is 22.9 Å². The maximum atomic E-state index is 12.3. The van der Waals surface area contributed by atoms with Crippen molar-refractivity contribution < 1.29 is 23.8 Å². The van der Waals surface area contributed by atoms with Crippen LogP contribution in [0.15, 0.2) is 35.2 Å². The second-order valence-corrected chi connectivity index (χ2v) is 6.45. The van der Waals surface area contributed by atoms with Crippen LogP contribution < -0.4 is 4.80 Å². The lowest BCUT2D eigenvalue weighted by molar-refractivity contribution is -0.143. The molecule has 1 aliphatic heterocycles. The van der Waals surface area contributed by atoms with Gasteiger partial charge in [-0.2, -0.15) is 4.99 Å². The second kappa shape index (κ2) is 7.71. The van der Waals surface area contributed by atoms with E-state index in [-0.39, 0.29) is 25.5 Å². The van der Waals surface area contributed by atoms with Gasteiger partial charge in [0, 0.05) is 5.02 Å². The normalized spacial score (nSPS) is 14.6. The lowest BCUT2D eigenvalue weighted by atomic mass is 10.3. The minimum absolute atomic E-state index is 0.0319. The second-order valence-electron chi connectivity index (χ2n) is 5.01. The number of carbonyl (C=O) groups is 2. The van der Waals surface area contributed by atoms with Crippen LogP contribution in [0.1, 0.15) is 6.92 Å². The molecule has 0 aliphatic carbocycles. The molecule has 132 valence electrons. The van der Waals surface area contributed by atoms with Gasteiger partial charge in [-0.25, -0.2) is 0 Å². The third-order valence-electron chi connectivity index (χ3n) is 3.29. The van der Waals surface area contributed by atoms with Crippen molar-refractivity contribution in [3.05, 3.63) is 40.0 Å². The fraction of sp³-hybridized carbons (Fsp3) is 0.312. The first-order valence-electron chi connectivity index (χ1n) is 7.56. The zero-order valence-electron chi connectivity index (χ0n) is 13.4. The summed E-state index contributed by atoms with van der Waals surface area (Å²) < 4.78 is 17.7. The van der Waals surface area contributed by atoms with Gasteiger partial charge < -0.3 is 18.8 Å². The van der Waals surface area contributed by atoms with Crippen molar-refractivity contribution in [1.82, 2.24) is 4.57 Å². The van der Waals surface area contributed by atoms with Gasteiger partial charge in [0.2, 0.25) is 5.76 Å². The van der Waals surface area contributed by atoms with Crippen LogP contribution in [0.25, 0.3) is 10.2 Å². The molecule has 2 aromatic rings. The van der Waals surface area contributed by atoms with E-state index in [0.717, 1.165) is 10.2 Å². The zero-order chi connectivity index (χ0) is 17.8. The molecule has 0 spiro atoms. The Hall–Kier alpha value is -2.32. The van der Waals surface area contributed by atoms with Crippen LogP contribution in [0.4, 0.5) is 0 Å². The van der Waals surface area contributed by atoms with E-state index >= 15 is 0 Å². The van der Waals surface area contributed by atoms with Crippen molar-refractivity contribution in [2.75, 3.05) is 19.8 Å². The van der Waals surface area contributed by atoms with Crippen LogP contribution in [0.2, 0.25) is 5.02 Å². The number of aromatic nitrogens is 1. The summed E-state index contributed by atoms with van der Waals surface area (Å²) in [6.07, 6.45) is 1.25. The molecule has 9 heteroatoms. The molecular formula is C16H15ClN2O5S. The quantitative estimate of drug-likeness (QED) is 0.758. The molecule has 0 bridgehead atoms. The third kappa shape index (κ3) is 4.02. The maximum Gasteiger partial charge on any atom is 0.326 e. The molecule has 1 aliphatic rings. The van der Waals surface area contributed by atoms with Gasteiger partial charge in [-0.1, -0.05) is 22.9 Å². The highest BCUT2D eigenvalue weighted by molar-refractivity contribution is 7.16. The Morgan fingerprint density at radius 2 is 2.24 bits per heavy atom. The van der Waals surface area contributed by atoms with Gasteiger partial charge in [-0.3, -0.25) is 9.59 Å². The summed E-state index contributed by atoms with van der Waals surface area (Å²) in [5, 5.41) is 0.557. The van der Waals surface area contributed by atoms with Gasteiger partial charge in [-0.05, 0) is 25.1 Å². The summed E-state index contributed by atoms with van der Waals surface area (Å²) in [5.74, 6) is -0.957. The molecule has 1 amide bonds. The third-order valence-corrected chi connectivity index (χ3v) is 4.57. The minimum Gasteiger partial charge on any atom is -0.494 e. The highest BCUT2D eigenvalue weighted by atomic mass is 35.5. The van der Waals surface area contributed by atoms with E-state index < -0.39 is 11.9 Å². The Balaban J connectivity index is 2.05. The summed E-state index contributed by atoms with van der Waals surface area (Å²) in [5.41, 5.74) is 0.740. The molecule has 0 atom stereocenters. The van der Waals surface area contributed by atoms with E-state index in [1.54, 1.807) is 29.7 Å². The lowest BCUT2D eigenvalue weighted by Gasteiger charge is -2.12. The molecule has 1 aromatic heterocycles. The Bertz CT molecular complexity index is 915. The smallest absolute Gasteiger partial charge is 0.326 e. The summed E-state index contributed by atoms with van der Waals surface area (Å²) in [6.45, 7) is 2.63. The fourth-order valence-electron chi connectivity index (χ4n) is 2.24. The highest BCUT2D eigenvalue weighted by Gasteiger charge is 2.17. The number of hydrogen-bond acceptors (Lipinski definition) is 6. The number of amides is 1. The van der Waals surface area contributed by atoms with E-state index in [1.165, 1.54) is 17.6 Å². The molecule has 2 heterocycles. The first-order chi connectivity index (χ1) is 12.1. The molecule has 0 saturated carbocycles. The topological polar surface area (TPSA) is 79.1 Å². The predicted octanol–water partition coefficient (Wildman–Crippen LogP) is 2.23. The van der Waals surface area contributed by atoms with Crippen molar-refractivity contribution in [2.24, 2.45) is 4.99 Å². The van der Waals surface area contributed by atoms with Crippen LogP contribution in [0.5, 0.6) is 0 Å². The number of hydrogen-bond donors (Lipinski definition) is 0. The molecule has 1 aromatic carbocycles. The van der Waals surface area contributed by atoms with Gasteiger partial charge in [0.25, 0.3) is 0 Å². The molecule has 0 radical (unpaired) electrons. The fourth-order valence-corrected chi connectivity index (χ4v) is 3.55. The Morgan fingerprint density at radius 1 is 1.40 bits per heavy atom. The first-order valence-corrected chi connectivity index (χ1v) is 8.76. The van der Waals surface area contributed by atoms with Crippen molar-refractivity contribution in [3.63, 3.8) is 0 Å². The van der Waals surface area contributed by atoms with Crippen LogP contribution in [0, 0.1) is 0 Å². The van der Waals surface area contributed by atoms with Crippen molar-refractivity contribution in [2.45, 2.75) is 13.5 Å². The van der Waals surface area contributed by atoms with Crippen molar-refractivity contribution >= 4 is 45.0 Å². The van der Waals surface area contributed by atoms with Crippen LogP contribution in [-0.2, 0) is 30.3 Å². The molecule has 3 rings (SSSR count). The Morgan fingerprint density at radius 3 is 2.96 bits per heavy atom. The molecular weight excluding hydrogens is 368 g/mol. The van der Waals surface area contributed by atoms with Gasteiger partial charge in [0.15, 0.2) is 4.80 Å². The number of halogens is 1. The van der Waals surface area contributed by atoms with E-state index in [9.17, 15) is 9.59 Å². The number of rotatable bonds is 4. The van der Waals surface area contributed by atoms with Gasteiger partial charge >= 0.3 is 11.9 Å². The Kier molecular flexibility index (Phi) is 5.40. The molecule has 0 saturated heterocycles. The first kappa shape index (κ1) is 17.5. The SMILES string of the molecule is CCOC(=O)Cn1c(=NC(=O)C2=COCCO2)sc2cc(Cl)ccc21. The van der Waals surface area contributed by atoms with E-state index in [1.807, 2.05) is 0 Å². The van der Waals surface area contributed by atoms with E-state index in [4.69, 9.17) is 25.8 Å². The predicted molar refractivity (Wildman–Crippen MR) is 92.0 cm³/mol.